The first-order valence-electron chi connectivity index (χ1n) is 7.04. The van der Waals surface area contributed by atoms with Gasteiger partial charge in [0.05, 0.1) is 17.3 Å². The van der Waals surface area contributed by atoms with Gasteiger partial charge in [0.25, 0.3) is 11.8 Å². The fraction of sp³-hybridized carbons (Fsp3) is 0.400. The van der Waals surface area contributed by atoms with Crippen molar-refractivity contribution in [2.45, 2.75) is 38.8 Å². The van der Waals surface area contributed by atoms with Crippen LogP contribution in [0.5, 0.6) is 0 Å². The average Bonchev–Trinajstić information content (AvgIpc) is 2.70. The molecule has 4 N–H and O–H groups in total. The molecule has 3 amide bonds. The molecule has 0 aromatic heterocycles. The molecule has 6 nitrogen and oxygen atoms in total. The van der Waals surface area contributed by atoms with Crippen LogP contribution in [0.25, 0.3) is 0 Å². The molecule has 0 spiro atoms. The maximum atomic E-state index is 12.3. The molecule has 2 rings (SSSR count). The second kappa shape index (κ2) is 6.05. The van der Waals surface area contributed by atoms with Crippen molar-refractivity contribution >= 4 is 17.7 Å². The number of hydrogen-bond donors (Lipinski definition) is 2. The van der Waals surface area contributed by atoms with Gasteiger partial charge < -0.3 is 11.5 Å². The number of fused-ring (bicyclic) bond motifs is 1. The molecule has 1 aliphatic rings. The molecule has 0 radical (unpaired) electrons. The topological polar surface area (TPSA) is 106 Å². The van der Waals surface area contributed by atoms with Crippen LogP contribution in [0.1, 0.15) is 63.7 Å². The first kappa shape index (κ1) is 15.2. The number of amides is 3. The summed E-state index contributed by atoms with van der Waals surface area (Å²) in [6, 6.07) is 4.25. The van der Waals surface area contributed by atoms with Crippen molar-refractivity contribution in [3.05, 3.63) is 34.9 Å². The lowest BCUT2D eigenvalue weighted by Gasteiger charge is -2.22. The Bertz CT molecular complexity index is 598. The first-order chi connectivity index (χ1) is 9.97. The Labute approximate surface area is 123 Å². The fourth-order valence-corrected chi connectivity index (χ4v) is 2.45. The minimum absolute atomic E-state index is 0.197. The highest BCUT2D eigenvalue weighted by Crippen LogP contribution is 2.26. The Kier molecular flexibility index (Phi) is 4.37. The number of primary amides is 1. The monoisotopic (exact) mass is 289 g/mol. The predicted molar refractivity (Wildman–Crippen MR) is 77.6 cm³/mol. The van der Waals surface area contributed by atoms with E-state index in [2.05, 4.69) is 6.92 Å². The molecule has 112 valence electrons. The van der Waals surface area contributed by atoms with Gasteiger partial charge in [-0.15, -0.1) is 0 Å². The summed E-state index contributed by atoms with van der Waals surface area (Å²) in [7, 11) is 0. The molecule has 1 aromatic rings. The summed E-state index contributed by atoms with van der Waals surface area (Å²) < 4.78 is 0. The lowest BCUT2D eigenvalue weighted by atomic mass is 10.1. The van der Waals surface area contributed by atoms with Gasteiger partial charge in [-0.2, -0.15) is 0 Å². The smallest absolute Gasteiger partial charge is 0.262 e. The SMILES string of the molecule is CCCCCC(N)N1C(=O)c2ccc(C(N)=O)cc2C1=O. The number of unbranched alkanes of at least 4 members (excludes halogenated alkanes) is 2. The van der Waals surface area contributed by atoms with Crippen molar-refractivity contribution < 1.29 is 14.4 Å². The van der Waals surface area contributed by atoms with E-state index in [9.17, 15) is 14.4 Å². The fourth-order valence-electron chi connectivity index (χ4n) is 2.45. The van der Waals surface area contributed by atoms with E-state index in [1.165, 1.54) is 18.2 Å². The van der Waals surface area contributed by atoms with Gasteiger partial charge in [-0.1, -0.05) is 26.2 Å². The highest BCUT2D eigenvalue weighted by molar-refractivity contribution is 6.22. The van der Waals surface area contributed by atoms with Gasteiger partial charge in [-0.25, -0.2) is 0 Å². The Morgan fingerprint density at radius 1 is 1.19 bits per heavy atom. The summed E-state index contributed by atoms with van der Waals surface area (Å²) in [6.45, 7) is 2.07. The molecule has 6 heteroatoms. The molecule has 1 aliphatic heterocycles. The van der Waals surface area contributed by atoms with Crippen LogP contribution in [0, 0.1) is 0 Å². The normalized spacial score (nSPS) is 15.2. The predicted octanol–water partition coefficient (Wildman–Crippen LogP) is 1.25. The summed E-state index contributed by atoms with van der Waals surface area (Å²) in [5, 5.41) is 0. The van der Waals surface area contributed by atoms with Crippen LogP contribution in [0.2, 0.25) is 0 Å². The average molecular weight is 289 g/mol. The number of carbonyl (C=O) groups is 3. The van der Waals surface area contributed by atoms with Crippen LogP contribution >= 0.6 is 0 Å². The number of nitrogens with zero attached hydrogens (tertiary/aromatic N) is 1. The molecule has 21 heavy (non-hydrogen) atoms. The van der Waals surface area contributed by atoms with Crippen LogP contribution in [-0.2, 0) is 0 Å². The van der Waals surface area contributed by atoms with Crippen molar-refractivity contribution in [3.8, 4) is 0 Å². The van der Waals surface area contributed by atoms with Gasteiger partial charge in [0.1, 0.15) is 0 Å². The summed E-state index contributed by atoms with van der Waals surface area (Å²) in [6.07, 6.45) is 2.83. The van der Waals surface area contributed by atoms with Crippen LogP contribution < -0.4 is 11.5 Å². The minimum atomic E-state index is -0.638. The summed E-state index contributed by atoms with van der Waals surface area (Å²) in [5.41, 5.74) is 11.8. The Balaban J connectivity index is 2.23. The largest absolute Gasteiger partial charge is 0.366 e. The quantitative estimate of drug-likeness (QED) is 0.607. The molecule has 1 heterocycles. The van der Waals surface area contributed by atoms with Gasteiger partial charge in [-0.3, -0.25) is 19.3 Å². The van der Waals surface area contributed by atoms with E-state index >= 15 is 0 Å². The zero-order chi connectivity index (χ0) is 15.6. The van der Waals surface area contributed by atoms with E-state index in [0.717, 1.165) is 24.2 Å². The Morgan fingerprint density at radius 3 is 2.48 bits per heavy atom. The second-order valence-corrected chi connectivity index (χ2v) is 5.17. The number of rotatable bonds is 6. The molecule has 1 unspecified atom stereocenters. The maximum Gasteiger partial charge on any atom is 0.262 e. The van der Waals surface area contributed by atoms with Gasteiger partial charge in [0.2, 0.25) is 5.91 Å². The van der Waals surface area contributed by atoms with Gasteiger partial charge in [-0.05, 0) is 24.6 Å². The van der Waals surface area contributed by atoms with Crippen molar-refractivity contribution in [3.63, 3.8) is 0 Å². The summed E-state index contributed by atoms with van der Waals surface area (Å²) in [5.74, 6) is -1.50. The van der Waals surface area contributed by atoms with Crippen LogP contribution in [0.4, 0.5) is 0 Å². The van der Waals surface area contributed by atoms with Crippen molar-refractivity contribution in [2.24, 2.45) is 11.5 Å². The molecule has 1 atom stereocenters. The molecule has 0 saturated heterocycles. The number of hydrogen-bond acceptors (Lipinski definition) is 4. The molecular weight excluding hydrogens is 270 g/mol. The van der Waals surface area contributed by atoms with Crippen LogP contribution in [-0.4, -0.2) is 28.8 Å². The zero-order valence-corrected chi connectivity index (χ0v) is 12.0. The van der Waals surface area contributed by atoms with E-state index in [-0.39, 0.29) is 16.7 Å². The number of nitrogens with two attached hydrogens (primary N) is 2. The van der Waals surface area contributed by atoms with Gasteiger partial charge >= 0.3 is 0 Å². The third-order valence-electron chi connectivity index (χ3n) is 3.64. The second-order valence-electron chi connectivity index (χ2n) is 5.17. The highest BCUT2D eigenvalue weighted by atomic mass is 16.2. The Hall–Kier alpha value is -2.21. The lowest BCUT2D eigenvalue weighted by Crippen LogP contribution is -2.45. The van der Waals surface area contributed by atoms with E-state index in [4.69, 9.17) is 11.5 Å². The van der Waals surface area contributed by atoms with E-state index in [1.54, 1.807) is 0 Å². The van der Waals surface area contributed by atoms with Gasteiger partial charge in [0.15, 0.2) is 0 Å². The Morgan fingerprint density at radius 2 is 1.86 bits per heavy atom. The van der Waals surface area contributed by atoms with Crippen molar-refractivity contribution in [1.82, 2.24) is 4.90 Å². The first-order valence-corrected chi connectivity index (χ1v) is 7.04. The van der Waals surface area contributed by atoms with Crippen molar-refractivity contribution in [1.29, 1.82) is 0 Å². The van der Waals surface area contributed by atoms with E-state index < -0.39 is 23.9 Å². The number of carbonyl (C=O) groups excluding carboxylic acids is 3. The maximum absolute atomic E-state index is 12.3. The van der Waals surface area contributed by atoms with Crippen LogP contribution in [0.15, 0.2) is 18.2 Å². The highest BCUT2D eigenvalue weighted by Gasteiger charge is 2.38. The molecule has 0 aliphatic carbocycles. The van der Waals surface area contributed by atoms with Crippen molar-refractivity contribution in [2.75, 3.05) is 0 Å². The number of imide groups is 1. The zero-order valence-electron chi connectivity index (χ0n) is 12.0. The van der Waals surface area contributed by atoms with E-state index in [0.29, 0.717) is 6.42 Å². The summed E-state index contributed by atoms with van der Waals surface area (Å²) >= 11 is 0. The third-order valence-corrected chi connectivity index (χ3v) is 3.64. The number of benzene rings is 1. The molecule has 0 bridgehead atoms. The summed E-state index contributed by atoms with van der Waals surface area (Å²) in [4.78, 5) is 36.8. The molecule has 0 fully saturated rings. The lowest BCUT2D eigenvalue weighted by molar-refractivity contribution is 0.0578. The third kappa shape index (κ3) is 2.80. The van der Waals surface area contributed by atoms with Gasteiger partial charge in [0, 0.05) is 5.56 Å². The molecular formula is C15H19N3O3. The standard InChI is InChI=1S/C15H19N3O3/c1-2-3-4-5-12(16)18-14(20)10-7-6-9(13(17)19)8-11(10)15(18)21/h6-8,12H,2-5,16H2,1H3,(H2,17,19). The van der Waals surface area contributed by atoms with Crippen LogP contribution in [0.3, 0.4) is 0 Å². The molecule has 1 aromatic carbocycles. The minimum Gasteiger partial charge on any atom is -0.366 e. The molecule has 0 saturated carbocycles. The van der Waals surface area contributed by atoms with E-state index in [1.807, 2.05) is 0 Å².